The highest BCUT2D eigenvalue weighted by atomic mass is 16.5. The quantitative estimate of drug-likeness (QED) is 0.796. The molecular weight excluding hydrogens is 328 g/mol. The van der Waals surface area contributed by atoms with Gasteiger partial charge in [-0.05, 0) is 31.9 Å². The second-order valence-corrected chi connectivity index (χ2v) is 7.41. The summed E-state index contributed by atoms with van der Waals surface area (Å²) < 4.78 is 7.51. The molecule has 6 nitrogen and oxygen atoms in total. The second kappa shape index (κ2) is 7.37. The molecule has 0 saturated carbocycles. The third-order valence-corrected chi connectivity index (χ3v) is 5.82. The van der Waals surface area contributed by atoms with E-state index < -0.39 is 0 Å². The van der Waals surface area contributed by atoms with Gasteiger partial charge < -0.3 is 14.2 Å². The Balaban J connectivity index is 1.56. The summed E-state index contributed by atoms with van der Waals surface area (Å²) in [5.41, 5.74) is 2.25. The summed E-state index contributed by atoms with van der Waals surface area (Å²) in [6.45, 7) is 6.97. The largest absolute Gasteiger partial charge is 0.383 e. The number of aryl methyl sites for hydroxylation is 1. The van der Waals surface area contributed by atoms with Crippen molar-refractivity contribution in [2.24, 2.45) is 5.92 Å². The Morgan fingerprint density at radius 2 is 2.08 bits per heavy atom. The van der Waals surface area contributed by atoms with Gasteiger partial charge in [-0.25, -0.2) is 4.98 Å². The fraction of sp³-hybridized carbons (Fsp3) is 0.600. The molecule has 0 radical (unpaired) electrons. The molecule has 140 valence electrons. The van der Waals surface area contributed by atoms with E-state index in [9.17, 15) is 4.79 Å². The summed E-state index contributed by atoms with van der Waals surface area (Å²) in [5, 5.41) is 0. The topological polar surface area (TPSA) is 50.6 Å². The number of hydrogen-bond donors (Lipinski definition) is 0. The van der Waals surface area contributed by atoms with E-state index in [4.69, 9.17) is 9.72 Å². The summed E-state index contributed by atoms with van der Waals surface area (Å²) in [4.78, 5) is 22.2. The first-order chi connectivity index (χ1) is 12.7. The molecule has 2 atom stereocenters. The van der Waals surface area contributed by atoms with Crippen LogP contribution in [0, 0.1) is 5.92 Å². The molecule has 3 aliphatic heterocycles. The minimum Gasteiger partial charge on any atom is -0.383 e. The smallest absolute Gasteiger partial charge is 0.227 e. The number of imidazole rings is 1. The van der Waals surface area contributed by atoms with E-state index in [1.54, 1.807) is 7.11 Å². The molecule has 0 aliphatic carbocycles. The van der Waals surface area contributed by atoms with Crippen LogP contribution in [0.1, 0.15) is 25.6 Å². The number of fused-ring (bicyclic) bond motifs is 5. The van der Waals surface area contributed by atoms with Gasteiger partial charge in [0, 0.05) is 39.3 Å². The van der Waals surface area contributed by atoms with Crippen LogP contribution in [-0.4, -0.2) is 64.7 Å². The summed E-state index contributed by atoms with van der Waals surface area (Å²) in [7, 11) is 1.70. The number of carbonyl (C=O) groups excluding carboxylic acids is 1. The Labute approximate surface area is 154 Å². The maximum absolute atomic E-state index is 12.8. The Bertz CT molecular complexity index is 787. The van der Waals surface area contributed by atoms with Crippen LogP contribution in [0.4, 0.5) is 0 Å². The summed E-state index contributed by atoms with van der Waals surface area (Å²) in [6.07, 6.45) is 2.11. The SMILES string of the molecule is CCn1c(CN2C[C@H]3CC[C@@H](C2)N(CCOC)C3=O)nc2ccccc21. The van der Waals surface area contributed by atoms with E-state index >= 15 is 0 Å². The monoisotopic (exact) mass is 356 g/mol. The lowest BCUT2D eigenvalue weighted by Crippen LogP contribution is -2.49. The third kappa shape index (κ3) is 3.12. The number of piperidine rings is 1. The molecule has 5 rings (SSSR count). The lowest BCUT2D eigenvalue weighted by molar-refractivity contribution is -0.140. The highest BCUT2D eigenvalue weighted by Crippen LogP contribution is 2.30. The Morgan fingerprint density at radius 1 is 1.23 bits per heavy atom. The van der Waals surface area contributed by atoms with Gasteiger partial charge in [-0.2, -0.15) is 0 Å². The molecule has 0 spiro atoms. The van der Waals surface area contributed by atoms with Crippen molar-refractivity contribution in [1.29, 1.82) is 0 Å². The summed E-state index contributed by atoms with van der Waals surface area (Å²) >= 11 is 0. The van der Waals surface area contributed by atoms with Crippen LogP contribution < -0.4 is 0 Å². The fourth-order valence-electron chi connectivity index (χ4n) is 4.54. The number of amides is 1. The van der Waals surface area contributed by atoms with Crippen LogP contribution in [0.15, 0.2) is 24.3 Å². The first-order valence-electron chi connectivity index (χ1n) is 9.67. The summed E-state index contributed by atoms with van der Waals surface area (Å²) in [6, 6.07) is 8.62. The van der Waals surface area contributed by atoms with Gasteiger partial charge >= 0.3 is 0 Å². The maximum atomic E-state index is 12.8. The second-order valence-electron chi connectivity index (χ2n) is 7.41. The van der Waals surface area contributed by atoms with Gasteiger partial charge in [-0.3, -0.25) is 9.69 Å². The zero-order chi connectivity index (χ0) is 18.1. The van der Waals surface area contributed by atoms with Gasteiger partial charge in [0.1, 0.15) is 5.82 Å². The zero-order valence-electron chi connectivity index (χ0n) is 15.7. The molecule has 1 aromatic heterocycles. The standard InChI is InChI=1S/C20H28N4O2/c1-3-23-18-7-5-4-6-17(18)21-19(23)14-22-12-15-8-9-16(13-22)24(20(15)25)10-11-26-2/h4-7,15-16H,3,8-14H2,1-2H3/t15-,16+/m1/s1. The molecule has 2 bridgehead atoms. The van der Waals surface area contributed by atoms with Crippen molar-refractivity contribution in [3.8, 4) is 0 Å². The molecule has 6 heteroatoms. The van der Waals surface area contributed by atoms with Gasteiger partial charge in [0.2, 0.25) is 5.91 Å². The van der Waals surface area contributed by atoms with E-state index in [1.165, 1.54) is 5.52 Å². The molecule has 26 heavy (non-hydrogen) atoms. The fourth-order valence-corrected chi connectivity index (χ4v) is 4.54. The first-order valence-corrected chi connectivity index (χ1v) is 9.67. The van der Waals surface area contributed by atoms with Crippen molar-refractivity contribution in [2.45, 2.75) is 38.9 Å². The van der Waals surface area contributed by atoms with E-state index in [1.807, 2.05) is 6.07 Å². The predicted octanol–water partition coefficient (Wildman–Crippen LogP) is 2.13. The van der Waals surface area contributed by atoms with E-state index in [-0.39, 0.29) is 5.92 Å². The number of carbonyl (C=O) groups is 1. The zero-order valence-corrected chi connectivity index (χ0v) is 15.7. The Hall–Kier alpha value is -1.92. The molecule has 0 N–H and O–H groups in total. The van der Waals surface area contributed by atoms with E-state index in [2.05, 4.69) is 39.5 Å². The number of methoxy groups -OCH3 is 1. The van der Waals surface area contributed by atoms with E-state index in [0.717, 1.165) is 50.4 Å². The number of rotatable bonds is 6. The predicted molar refractivity (Wildman–Crippen MR) is 101 cm³/mol. The number of para-hydroxylation sites is 2. The average Bonchev–Trinajstić information content (AvgIpc) is 2.78. The van der Waals surface area contributed by atoms with Gasteiger partial charge in [-0.15, -0.1) is 0 Å². The molecule has 1 aromatic carbocycles. The molecule has 3 saturated heterocycles. The van der Waals surface area contributed by atoms with E-state index in [0.29, 0.717) is 25.1 Å². The van der Waals surface area contributed by atoms with Crippen LogP contribution in [0.25, 0.3) is 11.0 Å². The van der Waals surface area contributed by atoms with Crippen LogP contribution in [0.2, 0.25) is 0 Å². The van der Waals surface area contributed by atoms with Crippen molar-refractivity contribution in [3.05, 3.63) is 30.1 Å². The molecule has 4 heterocycles. The molecule has 3 aliphatic rings. The third-order valence-electron chi connectivity index (χ3n) is 5.82. The minimum atomic E-state index is 0.116. The maximum Gasteiger partial charge on any atom is 0.227 e. The Kier molecular flexibility index (Phi) is 4.96. The highest BCUT2D eigenvalue weighted by Gasteiger charge is 2.40. The molecule has 1 amide bonds. The number of ether oxygens (including phenoxy) is 1. The van der Waals surface area contributed by atoms with Crippen molar-refractivity contribution in [3.63, 3.8) is 0 Å². The lowest BCUT2D eigenvalue weighted by atomic mass is 9.94. The first kappa shape index (κ1) is 17.5. The molecule has 0 unspecified atom stereocenters. The van der Waals surface area contributed by atoms with Gasteiger partial charge in [0.15, 0.2) is 0 Å². The average molecular weight is 356 g/mol. The van der Waals surface area contributed by atoms with Gasteiger partial charge in [0.25, 0.3) is 0 Å². The number of aromatic nitrogens is 2. The van der Waals surface area contributed by atoms with Gasteiger partial charge in [0.05, 0.1) is 30.1 Å². The molecule has 2 aromatic rings. The van der Waals surface area contributed by atoms with Crippen LogP contribution >= 0.6 is 0 Å². The van der Waals surface area contributed by atoms with Crippen molar-refractivity contribution in [2.75, 3.05) is 33.4 Å². The summed E-state index contributed by atoms with van der Waals surface area (Å²) in [5.74, 6) is 1.53. The highest BCUT2D eigenvalue weighted by molar-refractivity contribution is 5.80. The van der Waals surface area contributed by atoms with Crippen LogP contribution in [-0.2, 0) is 22.6 Å². The normalized spacial score (nSPS) is 23.8. The number of hydrogen-bond acceptors (Lipinski definition) is 4. The number of benzene rings is 1. The molecular formula is C20H28N4O2. The van der Waals surface area contributed by atoms with Crippen LogP contribution in [0.3, 0.4) is 0 Å². The number of nitrogens with zero attached hydrogens (tertiary/aromatic N) is 4. The Morgan fingerprint density at radius 3 is 2.88 bits per heavy atom. The van der Waals surface area contributed by atoms with Crippen molar-refractivity contribution < 1.29 is 9.53 Å². The van der Waals surface area contributed by atoms with Crippen molar-refractivity contribution >= 4 is 16.9 Å². The van der Waals surface area contributed by atoms with Crippen LogP contribution in [0.5, 0.6) is 0 Å². The van der Waals surface area contributed by atoms with Crippen molar-refractivity contribution in [1.82, 2.24) is 19.4 Å². The lowest BCUT2D eigenvalue weighted by Gasteiger charge is -2.35. The van der Waals surface area contributed by atoms with Gasteiger partial charge in [-0.1, -0.05) is 12.1 Å². The minimum absolute atomic E-state index is 0.116. The molecule has 3 fully saturated rings.